The topological polar surface area (TPSA) is 101 Å². The predicted molar refractivity (Wildman–Crippen MR) is 203 cm³/mol. The molecular formula is C40H44ClN7O3. The van der Waals surface area contributed by atoms with Crippen molar-refractivity contribution in [2.24, 2.45) is 0 Å². The highest BCUT2D eigenvalue weighted by atomic mass is 35.5. The van der Waals surface area contributed by atoms with Crippen molar-refractivity contribution >= 4 is 52.2 Å². The highest BCUT2D eigenvalue weighted by Crippen LogP contribution is 2.41. The standard InChI is InChI=1S/C40H44ClN7O3/c1-26-22-37(43-31-9-7-30(41)8-10-31)36-23-29(6-15-38(36)48(26)27(2)49)28-4-12-34(13-5-28)46-19-16-33(17-20-46)45(3)25-32-11-14-35(24-42-32)47-21-18-39(50)44-40(47)51/h4-15,23-24,26,33,37,43H,16-22,25H2,1-3H3,(H,44,50,51). The molecule has 2 atom stereocenters. The number of carbonyl (C=O) groups excluding carboxylic acids is 3. The van der Waals surface area contributed by atoms with Gasteiger partial charge in [-0.2, -0.15) is 0 Å². The van der Waals surface area contributed by atoms with E-state index in [9.17, 15) is 14.4 Å². The first-order valence-electron chi connectivity index (χ1n) is 17.7. The first kappa shape index (κ1) is 34.5. The van der Waals surface area contributed by atoms with Crippen LogP contribution in [0.4, 0.5) is 27.5 Å². The number of pyridine rings is 1. The molecule has 1 aromatic heterocycles. The Kier molecular flexibility index (Phi) is 9.97. The molecule has 264 valence electrons. The molecule has 51 heavy (non-hydrogen) atoms. The number of hydrogen-bond acceptors (Lipinski definition) is 7. The normalized spacial score (nSPS) is 19.6. The van der Waals surface area contributed by atoms with Crippen LogP contribution in [0.3, 0.4) is 0 Å². The Morgan fingerprint density at radius 1 is 0.941 bits per heavy atom. The van der Waals surface area contributed by atoms with Crippen molar-refractivity contribution in [2.45, 2.75) is 64.2 Å². The van der Waals surface area contributed by atoms with Gasteiger partial charge in [0.05, 0.1) is 23.6 Å². The maximum Gasteiger partial charge on any atom is 0.328 e. The quantitative estimate of drug-likeness (QED) is 0.199. The molecule has 2 unspecified atom stereocenters. The second-order valence-electron chi connectivity index (χ2n) is 13.9. The summed E-state index contributed by atoms with van der Waals surface area (Å²) in [4.78, 5) is 49.3. The van der Waals surface area contributed by atoms with Crippen molar-refractivity contribution in [3.63, 3.8) is 0 Å². The molecular weight excluding hydrogens is 662 g/mol. The highest BCUT2D eigenvalue weighted by molar-refractivity contribution is 6.30. The van der Waals surface area contributed by atoms with Crippen LogP contribution in [-0.4, -0.2) is 66.5 Å². The number of amides is 4. The third-order valence-corrected chi connectivity index (χ3v) is 10.7. The van der Waals surface area contributed by atoms with Gasteiger partial charge in [-0.05, 0) is 111 Å². The van der Waals surface area contributed by atoms with E-state index in [-0.39, 0.29) is 23.9 Å². The fourth-order valence-corrected chi connectivity index (χ4v) is 7.83. The summed E-state index contributed by atoms with van der Waals surface area (Å²) in [6.45, 7) is 6.78. The van der Waals surface area contributed by atoms with Crippen molar-refractivity contribution in [1.29, 1.82) is 0 Å². The van der Waals surface area contributed by atoms with Crippen LogP contribution in [0.25, 0.3) is 11.1 Å². The van der Waals surface area contributed by atoms with Gasteiger partial charge in [0.1, 0.15) is 0 Å². The van der Waals surface area contributed by atoms with Crippen molar-refractivity contribution < 1.29 is 14.4 Å². The smallest absolute Gasteiger partial charge is 0.328 e. The molecule has 4 heterocycles. The van der Waals surface area contributed by atoms with Crippen LogP contribution < -0.4 is 25.3 Å². The molecule has 3 aromatic carbocycles. The molecule has 2 N–H and O–H groups in total. The summed E-state index contributed by atoms with van der Waals surface area (Å²) in [5, 5.41) is 6.75. The van der Waals surface area contributed by atoms with E-state index in [1.165, 1.54) is 5.69 Å². The number of anilines is 4. The summed E-state index contributed by atoms with van der Waals surface area (Å²) in [7, 11) is 2.15. The van der Waals surface area contributed by atoms with Crippen LogP contribution in [0.15, 0.2) is 85.1 Å². The zero-order chi connectivity index (χ0) is 35.6. The summed E-state index contributed by atoms with van der Waals surface area (Å²) in [6, 6.07) is 27.1. The number of benzene rings is 3. The van der Waals surface area contributed by atoms with Crippen molar-refractivity contribution in [1.82, 2.24) is 15.2 Å². The number of carbonyl (C=O) groups is 3. The summed E-state index contributed by atoms with van der Waals surface area (Å²) < 4.78 is 0. The van der Waals surface area contributed by atoms with Crippen LogP contribution in [0, 0.1) is 0 Å². The fourth-order valence-electron chi connectivity index (χ4n) is 7.70. The average Bonchev–Trinajstić information content (AvgIpc) is 3.13. The Morgan fingerprint density at radius 3 is 2.31 bits per heavy atom. The Bertz CT molecular complexity index is 1890. The van der Waals surface area contributed by atoms with Crippen molar-refractivity contribution in [2.75, 3.05) is 46.7 Å². The number of rotatable bonds is 8. The molecule has 2 fully saturated rings. The number of imide groups is 1. The van der Waals surface area contributed by atoms with Gasteiger partial charge in [-0.25, -0.2) is 4.79 Å². The lowest BCUT2D eigenvalue weighted by Gasteiger charge is -2.40. The summed E-state index contributed by atoms with van der Waals surface area (Å²) in [5.41, 5.74) is 8.20. The number of halogens is 1. The first-order valence-corrected chi connectivity index (χ1v) is 18.1. The minimum Gasteiger partial charge on any atom is -0.378 e. The number of aromatic nitrogens is 1. The van der Waals surface area contributed by atoms with Gasteiger partial charge >= 0.3 is 6.03 Å². The summed E-state index contributed by atoms with van der Waals surface area (Å²) in [5.74, 6) is -0.191. The zero-order valence-corrected chi connectivity index (χ0v) is 30.1. The van der Waals surface area contributed by atoms with Gasteiger partial charge in [0, 0.05) is 73.7 Å². The number of urea groups is 1. The third kappa shape index (κ3) is 7.57. The highest BCUT2D eigenvalue weighted by Gasteiger charge is 2.33. The van der Waals surface area contributed by atoms with Crippen LogP contribution in [0.2, 0.25) is 5.02 Å². The molecule has 2 saturated heterocycles. The minimum atomic E-state index is -0.397. The van der Waals surface area contributed by atoms with E-state index in [0.29, 0.717) is 29.7 Å². The van der Waals surface area contributed by atoms with Gasteiger partial charge in [0.25, 0.3) is 0 Å². The van der Waals surface area contributed by atoms with E-state index >= 15 is 0 Å². The molecule has 4 aromatic rings. The lowest BCUT2D eigenvalue weighted by molar-refractivity contribution is -0.120. The second-order valence-corrected chi connectivity index (χ2v) is 14.3. The molecule has 0 radical (unpaired) electrons. The van der Waals surface area contributed by atoms with Crippen molar-refractivity contribution in [3.05, 3.63) is 101 Å². The zero-order valence-electron chi connectivity index (χ0n) is 29.3. The van der Waals surface area contributed by atoms with E-state index in [1.807, 2.05) is 41.3 Å². The lowest BCUT2D eigenvalue weighted by atomic mass is 9.89. The minimum absolute atomic E-state index is 0.0522. The Labute approximate surface area is 304 Å². The van der Waals surface area contributed by atoms with Gasteiger partial charge in [0.2, 0.25) is 11.8 Å². The monoisotopic (exact) mass is 705 g/mol. The van der Waals surface area contributed by atoms with E-state index in [4.69, 9.17) is 11.6 Å². The first-order chi connectivity index (χ1) is 24.6. The molecule has 11 heteroatoms. The molecule has 3 aliphatic rings. The number of piperidine rings is 1. The van der Waals surface area contributed by atoms with E-state index < -0.39 is 6.03 Å². The third-order valence-electron chi connectivity index (χ3n) is 10.4. The van der Waals surface area contributed by atoms with Gasteiger partial charge in [-0.1, -0.05) is 29.8 Å². The predicted octanol–water partition coefficient (Wildman–Crippen LogP) is 7.25. The largest absolute Gasteiger partial charge is 0.378 e. The number of nitrogens with one attached hydrogen (secondary N) is 2. The van der Waals surface area contributed by atoms with Gasteiger partial charge in [0.15, 0.2) is 0 Å². The molecule has 0 aliphatic carbocycles. The lowest BCUT2D eigenvalue weighted by Crippen LogP contribution is -2.49. The molecule has 7 rings (SSSR count). The van der Waals surface area contributed by atoms with E-state index in [0.717, 1.165) is 72.7 Å². The molecule has 0 spiro atoms. The van der Waals surface area contributed by atoms with E-state index in [2.05, 4.69) is 81.9 Å². The Hall–Kier alpha value is -4.93. The number of nitrogens with zero attached hydrogens (tertiary/aromatic N) is 5. The summed E-state index contributed by atoms with van der Waals surface area (Å²) >= 11 is 6.14. The van der Waals surface area contributed by atoms with Crippen LogP contribution in [-0.2, 0) is 16.1 Å². The fraction of sp³-hybridized carbons (Fsp3) is 0.350. The molecule has 4 amide bonds. The SMILES string of the molecule is CC(=O)N1c2ccc(-c3ccc(N4CCC(N(C)Cc5ccc(N6CCC(=O)NC6=O)cn5)CC4)cc3)cc2C(Nc2ccc(Cl)cc2)CC1C. The van der Waals surface area contributed by atoms with E-state index in [1.54, 1.807) is 18.0 Å². The van der Waals surface area contributed by atoms with Gasteiger partial charge in [-0.15, -0.1) is 0 Å². The average molecular weight is 706 g/mol. The number of fused-ring (bicyclic) bond motifs is 1. The number of hydrogen-bond donors (Lipinski definition) is 2. The molecule has 3 aliphatic heterocycles. The molecule has 10 nitrogen and oxygen atoms in total. The van der Waals surface area contributed by atoms with Crippen molar-refractivity contribution in [3.8, 4) is 11.1 Å². The second kappa shape index (κ2) is 14.7. The maximum absolute atomic E-state index is 12.7. The maximum atomic E-state index is 12.7. The Balaban J connectivity index is 0.980. The van der Waals surface area contributed by atoms with Crippen LogP contribution in [0.1, 0.15) is 56.8 Å². The van der Waals surface area contributed by atoms with Gasteiger partial charge < -0.3 is 15.1 Å². The van der Waals surface area contributed by atoms with Crippen LogP contribution >= 0.6 is 11.6 Å². The van der Waals surface area contributed by atoms with Crippen LogP contribution in [0.5, 0.6) is 0 Å². The van der Waals surface area contributed by atoms with Gasteiger partial charge in [-0.3, -0.25) is 29.7 Å². The molecule has 0 bridgehead atoms. The molecule has 0 saturated carbocycles. The summed E-state index contributed by atoms with van der Waals surface area (Å²) in [6.07, 6.45) is 4.91. The Morgan fingerprint density at radius 2 is 1.65 bits per heavy atom.